The lowest BCUT2D eigenvalue weighted by molar-refractivity contribution is 0.217. The predicted molar refractivity (Wildman–Crippen MR) is 70.5 cm³/mol. The van der Waals surface area contributed by atoms with Crippen molar-refractivity contribution in [2.45, 2.75) is 38.2 Å². The molecule has 0 bridgehead atoms. The highest BCUT2D eigenvalue weighted by Gasteiger charge is 2.21. The molecule has 1 aliphatic rings. The van der Waals surface area contributed by atoms with Crippen molar-refractivity contribution >= 4 is 0 Å². The number of benzene rings is 1. The summed E-state index contributed by atoms with van der Waals surface area (Å²) in [4.78, 5) is 0. The molecule has 1 aromatic carbocycles. The molecule has 1 atom stereocenters. The predicted octanol–water partition coefficient (Wildman–Crippen LogP) is 3.94. The Hall–Kier alpha value is -1.54. The van der Waals surface area contributed by atoms with Gasteiger partial charge in [-0.2, -0.15) is 0 Å². The fraction of sp³-hybridized carbons (Fsp3) is 0.375. The molecule has 1 unspecified atom stereocenters. The number of rotatable bonds is 3. The number of aliphatic hydroxyl groups excluding tert-OH is 1. The Morgan fingerprint density at radius 3 is 2.72 bits per heavy atom. The summed E-state index contributed by atoms with van der Waals surface area (Å²) in [7, 11) is 0. The zero-order valence-corrected chi connectivity index (χ0v) is 10.6. The molecule has 1 N–H and O–H groups in total. The van der Waals surface area contributed by atoms with E-state index in [1.165, 1.54) is 24.8 Å². The van der Waals surface area contributed by atoms with Crippen LogP contribution in [0.2, 0.25) is 0 Å². The molecule has 3 rings (SSSR count). The molecule has 94 valence electrons. The van der Waals surface area contributed by atoms with Crippen LogP contribution in [0.4, 0.5) is 0 Å². The number of hydrogen-bond acceptors (Lipinski definition) is 2. The van der Waals surface area contributed by atoms with Gasteiger partial charge in [-0.15, -0.1) is 0 Å². The molecule has 0 saturated heterocycles. The van der Waals surface area contributed by atoms with E-state index in [0.717, 1.165) is 16.9 Å². The zero-order chi connectivity index (χ0) is 12.5. The van der Waals surface area contributed by atoms with Crippen LogP contribution < -0.4 is 0 Å². The summed E-state index contributed by atoms with van der Waals surface area (Å²) in [5, 5.41) is 10.4. The van der Waals surface area contributed by atoms with Gasteiger partial charge in [0.1, 0.15) is 11.9 Å². The second-order valence-corrected chi connectivity index (χ2v) is 5.13. The fourth-order valence-corrected chi connectivity index (χ4v) is 2.58. The highest BCUT2D eigenvalue weighted by Crippen LogP contribution is 2.37. The third kappa shape index (κ3) is 1.97. The lowest BCUT2D eigenvalue weighted by atomic mass is 9.79. The summed E-state index contributed by atoms with van der Waals surface area (Å²) in [6, 6.07) is 10.2. The molecule has 0 radical (unpaired) electrons. The van der Waals surface area contributed by atoms with Crippen molar-refractivity contribution in [2.75, 3.05) is 0 Å². The Bertz CT molecular complexity index is 538. The van der Waals surface area contributed by atoms with Gasteiger partial charge in [-0.1, -0.05) is 30.7 Å². The molecule has 1 fully saturated rings. The van der Waals surface area contributed by atoms with E-state index >= 15 is 0 Å². The van der Waals surface area contributed by atoms with Gasteiger partial charge in [-0.05, 0) is 42.9 Å². The molecule has 2 heteroatoms. The van der Waals surface area contributed by atoms with E-state index in [-0.39, 0.29) is 0 Å². The van der Waals surface area contributed by atoms with Gasteiger partial charge in [0.15, 0.2) is 0 Å². The lowest BCUT2D eigenvalue weighted by Crippen LogP contribution is -2.09. The molecule has 1 saturated carbocycles. The van der Waals surface area contributed by atoms with Crippen molar-refractivity contribution in [3.8, 4) is 0 Å². The highest BCUT2D eigenvalue weighted by atomic mass is 16.3. The Kier molecular flexibility index (Phi) is 2.96. The van der Waals surface area contributed by atoms with Crippen molar-refractivity contribution in [3.63, 3.8) is 0 Å². The number of hydrogen-bond donors (Lipinski definition) is 1. The Balaban J connectivity index is 1.89. The van der Waals surface area contributed by atoms with Crippen molar-refractivity contribution in [3.05, 3.63) is 59.0 Å². The van der Waals surface area contributed by atoms with Gasteiger partial charge in [0.25, 0.3) is 0 Å². The second-order valence-electron chi connectivity index (χ2n) is 5.13. The first-order chi connectivity index (χ1) is 8.75. The quantitative estimate of drug-likeness (QED) is 0.884. The molecule has 18 heavy (non-hydrogen) atoms. The van der Waals surface area contributed by atoms with E-state index in [1.54, 1.807) is 6.26 Å². The average molecular weight is 242 g/mol. The topological polar surface area (TPSA) is 33.4 Å². The van der Waals surface area contributed by atoms with Crippen LogP contribution >= 0.6 is 0 Å². The van der Waals surface area contributed by atoms with Gasteiger partial charge < -0.3 is 9.52 Å². The summed E-state index contributed by atoms with van der Waals surface area (Å²) in [6.07, 6.45) is 4.94. The van der Waals surface area contributed by atoms with E-state index in [0.29, 0.717) is 5.92 Å². The maximum Gasteiger partial charge on any atom is 0.107 e. The fourth-order valence-electron chi connectivity index (χ4n) is 2.58. The molecular weight excluding hydrogens is 224 g/mol. The van der Waals surface area contributed by atoms with E-state index in [2.05, 4.69) is 12.1 Å². The molecule has 0 spiro atoms. The van der Waals surface area contributed by atoms with Crippen LogP contribution in [0, 0.1) is 6.92 Å². The largest absolute Gasteiger partial charge is 0.469 e. The van der Waals surface area contributed by atoms with Crippen LogP contribution in [0.15, 0.2) is 41.0 Å². The van der Waals surface area contributed by atoms with Crippen molar-refractivity contribution < 1.29 is 9.52 Å². The molecule has 0 aliphatic heterocycles. The smallest absolute Gasteiger partial charge is 0.107 e. The van der Waals surface area contributed by atoms with Crippen LogP contribution in [0.1, 0.15) is 53.7 Å². The summed E-state index contributed by atoms with van der Waals surface area (Å²) >= 11 is 0. The number of aliphatic hydroxyl groups is 1. The first kappa shape index (κ1) is 11.5. The van der Waals surface area contributed by atoms with E-state index < -0.39 is 6.10 Å². The van der Waals surface area contributed by atoms with Crippen molar-refractivity contribution in [1.29, 1.82) is 0 Å². The molecular formula is C16H18O2. The molecule has 2 aromatic rings. The maximum absolute atomic E-state index is 10.4. The first-order valence-electron chi connectivity index (χ1n) is 6.57. The third-order valence-corrected chi connectivity index (χ3v) is 4.00. The maximum atomic E-state index is 10.4. The molecule has 1 aliphatic carbocycles. The lowest BCUT2D eigenvalue weighted by Gasteiger charge is -2.26. The second kappa shape index (κ2) is 4.62. The minimum Gasteiger partial charge on any atom is -0.469 e. The monoisotopic (exact) mass is 242 g/mol. The van der Waals surface area contributed by atoms with Crippen LogP contribution in [0.25, 0.3) is 0 Å². The minimum atomic E-state index is -0.580. The Morgan fingerprint density at radius 2 is 2.11 bits per heavy atom. The number of furan rings is 1. The van der Waals surface area contributed by atoms with E-state index in [1.807, 2.05) is 25.1 Å². The Morgan fingerprint density at radius 1 is 1.28 bits per heavy atom. The highest BCUT2D eigenvalue weighted by molar-refractivity contribution is 5.35. The first-order valence-corrected chi connectivity index (χ1v) is 6.57. The van der Waals surface area contributed by atoms with E-state index in [9.17, 15) is 5.11 Å². The summed E-state index contributed by atoms with van der Waals surface area (Å²) in [5.41, 5.74) is 3.18. The molecule has 1 aromatic heterocycles. The normalized spacial score (nSPS) is 17.4. The van der Waals surface area contributed by atoms with Gasteiger partial charge in [0.2, 0.25) is 0 Å². The molecule has 1 heterocycles. The summed E-state index contributed by atoms with van der Waals surface area (Å²) in [6.45, 7) is 1.88. The minimum absolute atomic E-state index is 0.580. The average Bonchev–Trinajstić information content (AvgIpc) is 2.73. The van der Waals surface area contributed by atoms with Crippen molar-refractivity contribution in [1.82, 2.24) is 0 Å². The van der Waals surface area contributed by atoms with Gasteiger partial charge in [-0.25, -0.2) is 0 Å². The number of aryl methyl sites for hydroxylation is 1. The van der Waals surface area contributed by atoms with Gasteiger partial charge in [0.05, 0.1) is 6.26 Å². The van der Waals surface area contributed by atoms with Gasteiger partial charge in [-0.3, -0.25) is 0 Å². The van der Waals surface area contributed by atoms with Crippen LogP contribution in [0.3, 0.4) is 0 Å². The SMILES string of the molecule is Cc1occc1C(O)c1cccc(C2CCC2)c1. The van der Waals surface area contributed by atoms with Crippen molar-refractivity contribution in [2.24, 2.45) is 0 Å². The van der Waals surface area contributed by atoms with Gasteiger partial charge >= 0.3 is 0 Å². The van der Waals surface area contributed by atoms with Crippen LogP contribution in [0.5, 0.6) is 0 Å². The van der Waals surface area contributed by atoms with Crippen LogP contribution in [-0.2, 0) is 0 Å². The Labute approximate surface area is 107 Å². The van der Waals surface area contributed by atoms with E-state index in [4.69, 9.17) is 4.42 Å². The van der Waals surface area contributed by atoms with Crippen LogP contribution in [-0.4, -0.2) is 5.11 Å². The van der Waals surface area contributed by atoms with Gasteiger partial charge in [0, 0.05) is 5.56 Å². The molecule has 0 amide bonds. The molecule has 2 nitrogen and oxygen atoms in total. The zero-order valence-electron chi connectivity index (χ0n) is 10.6. The standard InChI is InChI=1S/C16H18O2/c1-11-15(8-9-18-11)16(17)14-7-3-6-13(10-14)12-4-2-5-12/h3,6-10,12,16-17H,2,4-5H2,1H3. The summed E-state index contributed by atoms with van der Waals surface area (Å²) < 4.78 is 5.26. The third-order valence-electron chi connectivity index (χ3n) is 4.00. The summed E-state index contributed by atoms with van der Waals surface area (Å²) in [5.74, 6) is 1.49.